The van der Waals surface area contributed by atoms with E-state index in [1.165, 1.54) is 5.56 Å². The molecule has 3 heterocycles. The lowest BCUT2D eigenvalue weighted by Gasteiger charge is -2.48. The van der Waals surface area contributed by atoms with Gasteiger partial charge in [-0.05, 0) is 35.9 Å². The van der Waals surface area contributed by atoms with Crippen molar-refractivity contribution in [3.63, 3.8) is 0 Å². The van der Waals surface area contributed by atoms with Gasteiger partial charge in [0.2, 0.25) is 0 Å². The van der Waals surface area contributed by atoms with Crippen LogP contribution in [0, 0.1) is 5.92 Å². The Morgan fingerprint density at radius 3 is 2.49 bits per heavy atom. The van der Waals surface area contributed by atoms with Crippen molar-refractivity contribution in [3.8, 4) is 22.8 Å². The molecule has 8 heteroatoms. The van der Waals surface area contributed by atoms with Crippen LogP contribution in [-0.4, -0.2) is 50.0 Å². The van der Waals surface area contributed by atoms with Gasteiger partial charge >= 0.3 is 15.9 Å². The molecule has 3 aliphatic rings. The van der Waals surface area contributed by atoms with Crippen LogP contribution in [0.1, 0.15) is 30.9 Å². The van der Waals surface area contributed by atoms with E-state index in [0.29, 0.717) is 5.88 Å². The second kappa shape index (κ2) is 9.26. The maximum Gasteiger partial charge on any atom is 0.775 e. The average Bonchev–Trinajstić information content (AvgIpc) is 3.32. The fourth-order valence-corrected chi connectivity index (χ4v) is 7.46. The third kappa shape index (κ3) is 3.80. The van der Waals surface area contributed by atoms with Crippen LogP contribution in [0.25, 0.3) is 16.9 Å². The molecule has 4 aromatic rings. The van der Waals surface area contributed by atoms with Gasteiger partial charge in [-0.25, -0.2) is 4.68 Å². The highest BCUT2D eigenvalue weighted by atomic mass is 35.5. The molecule has 1 aromatic heterocycles. The zero-order chi connectivity index (χ0) is 26.9. The van der Waals surface area contributed by atoms with Gasteiger partial charge in [0.05, 0.1) is 11.8 Å². The van der Waals surface area contributed by atoms with Crippen LogP contribution in [0.4, 0.5) is 5.69 Å². The summed E-state index contributed by atoms with van der Waals surface area (Å²) in [6, 6.07) is 26.1. The van der Waals surface area contributed by atoms with Crippen LogP contribution in [-0.2, 0) is 9.20 Å². The summed E-state index contributed by atoms with van der Waals surface area (Å²) in [5.41, 5.74) is 6.82. The van der Waals surface area contributed by atoms with Gasteiger partial charge in [-0.15, -0.1) is 0 Å². The standard InChI is InChI=1S/C31H29ClN3O3.Al/c1-31(2)22-16-19(32)14-15-23(22)34(3)24(31)17-21-28(36)26(29(21)37)25-27(18-10-6-4-7-11-18)33-35(30(25)38)20-12-8-5-9-13-20;/h4-17,21,26,28-29,36,38H,1-3H3;/q-1;+2/p-1/b24-17-;. The fourth-order valence-electron chi connectivity index (χ4n) is 6.44. The summed E-state index contributed by atoms with van der Waals surface area (Å²) in [6.07, 6.45) is 1.35. The number of aliphatic hydroxyl groups is 1. The van der Waals surface area contributed by atoms with Crippen molar-refractivity contribution in [3.05, 3.63) is 107 Å². The third-order valence-electron chi connectivity index (χ3n) is 8.47. The Hall–Kier alpha value is -3.05. The van der Waals surface area contributed by atoms with Crippen molar-refractivity contribution < 1.29 is 12.7 Å². The highest BCUT2D eigenvalue weighted by Gasteiger charge is 2.55. The predicted molar refractivity (Wildman–Crippen MR) is 153 cm³/mol. The number of hydrogen-bond acceptors (Lipinski definition) is 5. The number of anilines is 1. The van der Waals surface area contributed by atoms with E-state index >= 15 is 0 Å². The Bertz CT molecular complexity index is 1590. The number of halogens is 1. The molecule has 0 spiro atoms. The van der Waals surface area contributed by atoms with Crippen molar-refractivity contribution in [1.29, 1.82) is 0 Å². The Kier molecular flexibility index (Phi) is 5.93. The number of fused-ring (bicyclic) bond motifs is 4. The third-order valence-corrected chi connectivity index (χ3v) is 9.45. The first-order chi connectivity index (χ1) is 18.9. The number of allylic oxidation sites excluding steroid dienone is 1. The first-order valence-electron chi connectivity index (χ1n) is 13.2. The molecular weight excluding hydrogens is 525 g/mol. The molecule has 0 bridgehead atoms. The molecule has 1 fully saturated rings. The topological polar surface area (TPSA) is 59.8 Å². The Morgan fingerprint density at radius 2 is 1.74 bits per heavy atom. The summed E-state index contributed by atoms with van der Waals surface area (Å²) in [5.74, 6) is 0.228. The van der Waals surface area contributed by atoms with Gasteiger partial charge in [0, 0.05) is 57.9 Å². The molecule has 1 N–H and O–H groups in total. The molecule has 3 aromatic carbocycles. The lowest BCUT2D eigenvalue weighted by atomic mass is 9.64. The lowest BCUT2D eigenvalue weighted by molar-refractivity contribution is -0.0808. The number of rotatable bonds is 3. The zero-order valence-corrected chi connectivity index (χ0v) is 23.9. The minimum atomic E-state index is -0.789. The van der Waals surface area contributed by atoms with Crippen LogP contribution in [0.3, 0.4) is 0 Å². The van der Waals surface area contributed by atoms with Gasteiger partial charge in [-0.1, -0.05) is 80.1 Å². The molecule has 4 atom stereocenters. The smallest absolute Gasteiger partial charge is 0.612 e. The number of benzene rings is 3. The van der Waals surface area contributed by atoms with E-state index in [0.717, 1.165) is 38.9 Å². The minimum Gasteiger partial charge on any atom is -0.612 e. The van der Waals surface area contributed by atoms with E-state index < -0.39 is 22.0 Å². The van der Waals surface area contributed by atoms with E-state index in [9.17, 15) is 5.11 Å². The maximum atomic E-state index is 11.8. The number of likely N-dealkylation sites (N-methyl/N-ethyl adjacent to an activating group) is 1. The molecule has 4 unspecified atom stereocenters. The van der Waals surface area contributed by atoms with Gasteiger partial charge in [0.25, 0.3) is 0 Å². The molecule has 6 nitrogen and oxygen atoms in total. The summed E-state index contributed by atoms with van der Waals surface area (Å²) in [7, 11) is 2.08. The molecule has 195 valence electrons. The second-order valence-electron chi connectivity index (χ2n) is 11.0. The number of hydrogen-bond donors (Lipinski definition) is 1. The molecule has 7 rings (SSSR count). The maximum absolute atomic E-state index is 11.8. The summed E-state index contributed by atoms with van der Waals surface area (Å²) in [5, 5.41) is 17.5. The lowest BCUT2D eigenvalue weighted by Crippen LogP contribution is -2.54. The van der Waals surface area contributed by atoms with Gasteiger partial charge in [-0.2, -0.15) is 5.10 Å². The van der Waals surface area contributed by atoms with Crippen molar-refractivity contribution in [2.24, 2.45) is 5.92 Å². The Morgan fingerprint density at radius 1 is 1.03 bits per heavy atom. The van der Waals surface area contributed by atoms with E-state index in [2.05, 4.69) is 50.1 Å². The highest BCUT2D eigenvalue weighted by Crippen LogP contribution is 2.55. The zero-order valence-electron chi connectivity index (χ0n) is 22.0. The van der Waals surface area contributed by atoms with Crippen molar-refractivity contribution in [1.82, 2.24) is 9.78 Å². The fraction of sp³-hybridized carbons (Fsp3) is 0.258. The quantitative estimate of drug-likeness (QED) is 0.321. The Labute approximate surface area is 239 Å². The molecule has 0 saturated heterocycles. The van der Waals surface area contributed by atoms with Crippen molar-refractivity contribution in [2.75, 3.05) is 11.9 Å². The molecule has 1 aliphatic carbocycles. The molecule has 1 saturated carbocycles. The van der Waals surface area contributed by atoms with Crippen LogP contribution in [0.2, 0.25) is 5.02 Å². The van der Waals surface area contributed by atoms with Crippen molar-refractivity contribution in [2.45, 2.75) is 37.4 Å². The van der Waals surface area contributed by atoms with Crippen LogP contribution in [0.15, 0.2) is 90.6 Å². The number of para-hydroxylation sites is 1. The first kappa shape index (κ1) is 25.0. The average molecular weight is 553 g/mol. The van der Waals surface area contributed by atoms with Crippen LogP contribution >= 0.6 is 11.6 Å². The number of aliphatic hydroxyl groups excluding tert-OH is 1. The van der Waals surface area contributed by atoms with E-state index in [4.69, 9.17) is 24.3 Å². The number of nitrogens with zero attached hydrogens (tertiary/aromatic N) is 3. The SMILES string of the molecule is CN1/C(=C\C2C(O)C3c4c(-c5ccccc5)nn(-c5ccccc5)c4[O][Al][O]C23)C(C)(C)c2cc(Cl)ccc21. The summed E-state index contributed by atoms with van der Waals surface area (Å²) < 4.78 is 14.6. The van der Waals surface area contributed by atoms with Gasteiger partial charge in [-0.3, -0.25) is 0 Å². The van der Waals surface area contributed by atoms with E-state index in [1.807, 2.05) is 65.3 Å². The first-order valence-corrected chi connectivity index (χ1v) is 14.5. The largest absolute Gasteiger partial charge is 0.775 e. The van der Waals surface area contributed by atoms with Gasteiger partial charge in [0.1, 0.15) is 5.69 Å². The van der Waals surface area contributed by atoms with Gasteiger partial charge in [0.15, 0.2) is 5.88 Å². The Balaban J connectivity index is 1.31. The monoisotopic (exact) mass is 552 g/mol. The molecule has 39 heavy (non-hydrogen) atoms. The minimum absolute atomic E-state index is 0.178. The molecular formula is C31H28AlClN3O3. The van der Waals surface area contributed by atoms with Gasteiger partial charge < -0.3 is 17.6 Å². The summed E-state index contributed by atoms with van der Waals surface area (Å²) >= 11 is 5.58. The number of aromatic nitrogens is 2. The van der Waals surface area contributed by atoms with Crippen LogP contribution < -0.4 is 8.69 Å². The highest BCUT2D eigenvalue weighted by molar-refractivity contribution is 6.30. The summed E-state index contributed by atoms with van der Waals surface area (Å²) in [6.45, 7) is 4.41. The molecule has 1 radical (unpaired) electrons. The van der Waals surface area contributed by atoms with E-state index in [-0.39, 0.29) is 23.4 Å². The van der Waals surface area contributed by atoms with Crippen molar-refractivity contribution >= 4 is 33.2 Å². The normalized spacial score (nSPS) is 25.6. The summed E-state index contributed by atoms with van der Waals surface area (Å²) in [4.78, 5) is 2.21. The molecule has 2 aliphatic heterocycles. The molecule has 0 amide bonds. The van der Waals surface area contributed by atoms with Crippen LogP contribution in [0.5, 0.6) is 5.88 Å². The second-order valence-corrected chi connectivity index (χ2v) is 12.1. The predicted octanol–water partition coefficient (Wildman–Crippen LogP) is 5.89. The van der Waals surface area contributed by atoms with E-state index in [1.54, 1.807) is 0 Å².